The normalized spacial score (nSPS) is 11.1. The van der Waals surface area contributed by atoms with Crippen LogP contribution in [0.5, 0.6) is 0 Å². The predicted octanol–water partition coefficient (Wildman–Crippen LogP) is 3.12. The molecule has 0 bridgehead atoms. The van der Waals surface area contributed by atoms with Gasteiger partial charge in [0.15, 0.2) is 0 Å². The Morgan fingerprint density at radius 3 is 1.89 bits per heavy atom. The number of carbonyl (C=O) groups is 1. The van der Waals surface area contributed by atoms with Crippen molar-refractivity contribution >= 4 is 9.04 Å². The molecule has 0 aromatic heterocycles. The van der Waals surface area contributed by atoms with Gasteiger partial charge in [-0.25, -0.2) is 0 Å². The molecule has 3 heteroatoms. The molecule has 0 fully saturated rings. The van der Waals surface area contributed by atoms with Crippen LogP contribution in [0.4, 0.5) is 0 Å². The predicted molar refractivity (Wildman–Crippen MR) is 73.2 cm³/mol. The fraction of sp³-hybridized carbons (Fsp3) is 0.188. The summed E-state index contributed by atoms with van der Waals surface area (Å²) >= 11 is 0.810. The van der Waals surface area contributed by atoms with Gasteiger partial charge in [0.2, 0.25) is 0 Å². The molecule has 0 heterocycles. The van der Waals surface area contributed by atoms with Gasteiger partial charge in [0.05, 0.1) is 6.42 Å². The fourth-order valence-electron chi connectivity index (χ4n) is 1.64. The fourth-order valence-corrected chi connectivity index (χ4v) is 2.70. The van der Waals surface area contributed by atoms with Crippen molar-refractivity contribution in [1.29, 1.82) is 0 Å². The Morgan fingerprint density at radius 2 is 1.53 bits per heavy atom. The molecule has 2 aromatic carbocycles. The van der Waals surface area contributed by atoms with Crippen LogP contribution in [-0.2, 0) is 30.9 Å². The Hall–Kier alpha value is -1.15. The summed E-state index contributed by atoms with van der Waals surface area (Å²) in [5, 5.41) is 8.55. The summed E-state index contributed by atoms with van der Waals surface area (Å²) in [5.74, 6) is -0.643. The van der Waals surface area contributed by atoms with E-state index in [9.17, 15) is 4.79 Å². The Morgan fingerprint density at radius 1 is 1.05 bits per heavy atom. The van der Waals surface area contributed by atoms with Crippen molar-refractivity contribution in [2.45, 2.75) is 19.3 Å². The second-order valence-corrected chi connectivity index (χ2v) is 7.57. The molecule has 0 spiro atoms. The van der Waals surface area contributed by atoms with E-state index in [4.69, 9.17) is 5.11 Å². The number of rotatable bonds is 3. The van der Waals surface area contributed by atoms with Gasteiger partial charge in [-0.1, -0.05) is 37.3 Å². The number of hydrogen-bond donors (Lipinski definition) is 1. The maximum atomic E-state index is 10.4. The summed E-state index contributed by atoms with van der Waals surface area (Å²) in [7, 11) is 0. The summed E-state index contributed by atoms with van der Waals surface area (Å²) in [6.07, 6.45) is 0.198. The average Bonchev–Trinajstić information content (AvgIpc) is 2.40. The minimum absolute atomic E-state index is 0.101. The van der Waals surface area contributed by atoms with E-state index in [0.29, 0.717) is 0 Å². The van der Waals surface area contributed by atoms with Gasteiger partial charge in [-0.3, -0.25) is 4.79 Å². The first kappa shape index (κ1) is 15.9. The summed E-state index contributed by atoms with van der Waals surface area (Å²) in [6.45, 7) is 1.92. The summed E-state index contributed by atoms with van der Waals surface area (Å²) in [5.41, 5.74) is 1.08. The number of aliphatic carboxylic acids is 1. The molecule has 1 unspecified atom stereocenters. The zero-order chi connectivity index (χ0) is 14.1. The molecule has 0 aliphatic heterocycles. The number of benzene rings is 2. The van der Waals surface area contributed by atoms with E-state index in [-0.39, 0.29) is 12.3 Å². The van der Waals surface area contributed by atoms with Crippen molar-refractivity contribution in [3.63, 3.8) is 0 Å². The SMILES string of the molecule is CC(CC(=O)O)c1ccccc1.[Hg][c]1ccccc1. The monoisotopic (exact) mass is 443 g/mol. The molecular weight excluding hydrogens is 425 g/mol. The first-order valence-electron chi connectivity index (χ1n) is 6.23. The second-order valence-electron chi connectivity index (χ2n) is 4.40. The summed E-state index contributed by atoms with van der Waals surface area (Å²) in [6, 6.07) is 20.2. The molecule has 0 aliphatic carbocycles. The van der Waals surface area contributed by atoms with Crippen LogP contribution in [0.25, 0.3) is 0 Å². The zero-order valence-electron chi connectivity index (χ0n) is 11.1. The topological polar surface area (TPSA) is 37.3 Å². The zero-order valence-corrected chi connectivity index (χ0v) is 16.6. The molecule has 2 rings (SSSR count). The number of hydrogen-bond acceptors (Lipinski definition) is 1. The van der Waals surface area contributed by atoms with Crippen LogP contribution in [-0.4, -0.2) is 11.1 Å². The van der Waals surface area contributed by atoms with Gasteiger partial charge in [0.25, 0.3) is 0 Å². The molecule has 0 amide bonds. The van der Waals surface area contributed by atoms with Crippen LogP contribution in [0, 0.1) is 0 Å². The van der Waals surface area contributed by atoms with Crippen LogP contribution < -0.4 is 3.07 Å². The van der Waals surface area contributed by atoms with Gasteiger partial charge in [-0.2, -0.15) is 0 Å². The quantitative estimate of drug-likeness (QED) is 0.743. The Labute approximate surface area is 130 Å². The van der Waals surface area contributed by atoms with E-state index in [1.165, 1.54) is 3.07 Å². The van der Waals surface area contributed by atoms with Gasteiger partial charge in [-0.15, -0.1) is 0 Å². The third-order valence-electron chi connectivity index (χ3n) is 2.69. The van der Waals surface area contributed by atoms with Crippen LogP contribution in [0.3, 0.4) is 0 Å². The van der Waals surface area contributed by atoms with Gasteiger partial charge < -0.3 is 5.11 Å². The first-order valence-corrected chi connectivity index (χ1v) is 8.98. The van der Waals surface area contributed by atoms with Crippen LogP contribution in [0.15, 0.2) is 60.7 Å². The molecule has 19 heavy (non-hydrogen) atoms. The molecule has 0 radical (unpaired) electrons. The number of carboxylic acids is 1. The van der Waals surface area contributed by atoms with Gasteiger partial charge in [0, 0.05) is 0 Å². The standard InChI is InChI=1S/C10H12O2.C6H5.Hg/c1-8(7-10(11)12)9-5-3-2-4-6-9;1-2-4-6-5-3-1;/h2-6,8H,7H2,1H3,(H,11,12);1-5H;. The van der Waals surface area contributed by atoms with Gasteiger partial charge in [-0.05, 0) is 11.5 Å². The molecule has 1 N–H and O–H groups in total. The van der Waals surface area contributed by atoms with Crippen molar-refractivity contribution in [1.82, 2.24) is 0 Å². The third-order valence-corrected chi connectivity index (χ3v) is 4.52. The molecule has 0 saturated carbocycles. The Balaban J connectivity index is 0.000000218. The molecular formula is C16H17HgO2. The number of carboxylic acid groups (broad SMARTS) is 1. The van der Waals surface area contributed by atoms with E-state index >= 15 is 0 Å². The molecule has 0 saturated heterocycles. The molecule has 0 aliphatic rings. The molecule has 2 aromatic rings. The first-order chi connectivity index (χ1) is 9.09. The minimum atomic E-state index is -0.744. The van der Waals surface area contributed by atoms with Crippen LogP contribution >= 0.6 is 0 Å². The van der Waals surface area contributed by atoms with E-state index < -0.39 is 5.97 Å². The van der Waals surface area contributed by atoms with Crippen molar-refractivity contribution in [2.24, 2.45) is 0 Å². The molecule has 2 nitrogen and oxygen atoms in total. The average molecular weight is 442 g/mol. The van der Waals surface area contributed by atoms with Crippen LogP contribution in [0.1, 0.15) is 24.8 Å². The summed E-state index contributed by atoms with van der Waals surface area (Å²) in [4.78, 5) is 10.4. The third kappa shape index (κ3) is 7.11. The van der Waals surface area contributed by atoms with Crippen molar-refractivity contribution in [3.8, 4) is 0 Å². The molecule has 95 valence electrons. The van der Waals surface area contributed by atoms with Crippen LogP contribution in [0.2, 0.25) is 0 Å². The van der Waals surface area contributed by atoms with E-state index in [0.717, 1.165) is 31.7 Å². The second kappa shape index (κ2) is 8.86. The van der Waals surface area contributed by atoms with Crippen molar-refractivity contribution in [2.75, 3.05) is 0 Å². The molecule has 1 atom stereocenters. The van der Waals surface area contributed by atoms with E-state index in [1.54, 1.807) is 0 Å². The van der Waals surface area contributed by atoms with Crippen molar-refractivity contribution < 1.29 is 36.0 Å². The van der Waals surface area contributed by atoms with Gasteiger partial charge >= 0.3 is 65.5 Å². The van der Waals surface area contributed by atoms with Gasteiger partial charge in [0.1, 0.15) is 0 Å². The summed E-state index contributed by atoms with van der Waals surface area (Å²) < 4.78 is 1.52. The Bertz CT molecular complexity index is 483. The van der Waals surface area contributed by atoms with E-state index in [2.05, 4.69) is 30.3 Å². The van der Waals surface area contributed by atoms with Crippen molar-refractivity contribution in [3.05, 3.63) is 66.2 Å². The van der Waals surface area contributed by atoms with E-state index in [1.807, 2.05) is 37.3 Å². The Kier molecular flexibility index (Phi) is 7.42. The maximum absolute atomic E-state index is 10.4.